The summed E-state index contributed by atoms with van der Waals surface area (Å²) in [6.45, 7) is 2.79. The van der Waals surface area contributed by atoms with E-state index in [0.717, 1.165) is 23.0 Å². The molecule has 0 spiro atoms. The third-order valence-corrected chi connectivity index (χ3v) is 3.42. The SMILES string of the molecule is Cc1cncn1Cc1ccc2cc(C(=O)O)ccc2c1.Cl. The van der Waals surface area contributed by atoms with Gasteiger partial charge in [0.2, 0.25) is 0 Å². The Kier molecular flexibility index (Phi) is 4.29. The highest BCUT2D eigenvalue weighted by Crippen LogP contribution is 2.19. The number of rotatable bonds is 3. The van der Waals surface area contributed by atoms with Crippen LogP contribution >= 0.6 is 12.4 Å². The molecule has 4 nitrogen and oxygen atoms in total. The van der Waals surface area contributed by atoms with Crippen molar-refractivity contribution in [1.29, 1.82) is 0 Å². The van der Waals surface area contributed by atoms with Gasteiger partial charge in [-0.25, -0.2) is 9.78 Å². The summed E-state index contributed by atoms with van der Waals surface area (Å²) in [4.78, 5) is 15.1. The van der Waals surface area contributed by atoms with E-state index in [9.17, 15) is 4.79 Å². The molecule has 0 saturated carbocycles. The molecule has 0 unspecified atom stereocenters. The second-order valence-corrected chi connectivity index (χ2v) is 4.86. The Hall–Kier alpha value is -2.33. The smallest absolute Gasteiger partial charge is 0.335 e. The number of halogens is 1. The first kappa shape index (κ1) is 15.1. The summed E-state index contributed by atoms with van der Waals surface area (Å²) >= 11 is 0. The normalized spacial score (nSPS) is 10.3. The molecule has 0 bridgehead atoms. The van der Waals surface area contributed by atoms with Crippen LogP contribution < -0.4 is 0 Å². The van der Waals surface area contributed by atoms with E-state index in [0.29, 0.717) is 5.56 Å². The van der Waals surface area contributed by atoms with Crippen molar-refractivity contribution >= 4 is 29.1 Å². The van der Waals surface area contributed by atoms with Crippen LogP contribution in [0.5, 0.6) is 0 Å². The molecule has 21 heavy (non-hydrogen) atoms. The van der Waals surface area contributed by atoms with Gasteiger partial charge >= 0.3 is 5.97 Å². The topological polar surface area (TPSA) is 55.1 Å². The lowest BCUT2D eigenvalue weighted by Crippen LogP contribution is -2.00. The highest BCUT2D eigenvalue weighted by atomic mass is 35.5. The average molecular weight is 303 g/mol. The summed E-state index contributed by atoms with van der Waals surface area (Å²) in [6.07, 6.45) is 3.65. The second kappa shape index (κ2) is 5.97. The molecule has 5 heteroatoms. The van der Waals surface area contributed by atoms with Crippen molar-refractivity contribution in [2.45, 2.75) is 13.5 Å². The molecular formula is C16H15ClN2O2. The lowest BCUT2D eigenvalue weighted by molar-refractivity contribution is 0.0697. The van der Waals surface area contributed by atoms with Gasteiger partial charge in [-0.1, -0.05) is 18.2 Å². The van der Waals surface area contributed by atoms with E-state index in [4.69, 9.17) is 5.11 Å². The summed E-state index contributed by atoms with van der Waals surface area (Å²) in [5.74, 6) is -0.898. The fraction of sp³-hybridized carbons (Fsp3) is 0.125. The number of fused-ring (bicyclic) bond motifs is 1. The molecule has 3 aromatic rings. The van der Waals surface area contributed by atoms with Crippen LogP contribution in [0.1, 0.15) is 21.6 Å². The van der Waals surface area contributed by atoms with E-state index in [1.54, 1.807) is 12.1 Å². The molecule has 2 aromatic carbocycles. The standard InChI is InChI=1S/C16H14N2O2.ClH/c1-11-8-17-10-18(11)9-12-2-3-14-7-15(16(19)20)5-4-13(14)6-12;/h2-8,10H,9H2,1H3,(H,19,20);1H. The number of aromatic carboxylic acids is 1. The number of nitrogens with zero attached hydrogens (tertiary/aromatic N) is 2. The van der Waals surface area contributed by atoms with Crippen LogP contribution in [-0.2, 0) is 6.54 Å². The first-order valence-electron chi connectivity index (χ1n) is 6.36. The maximum atomic E-state index is 11.0. The van der Waals surface area contributed by atoms with Gasteiger partial charge in [0.05, 0.1) is 11.9 Å². The zero-order chi connectivity index (χ0) is 14.1. The number of carbonyl (C=O) groups is 1. The van der Waals surface area contributed by atoms with Crippen molar-refractivity contribution in [3.8, 4) is 0 Å². The van der Waals surface area contributed by atoms with E-state index >= 15 is 0 Å². The summed E-state index contributed by atoms with van der Waals surface area (Å²) < 4.78 is 2.08. The molecular weight excluding hydrogens is 288 g/mol. The molecule has 0 aliphatic heterocycles. The molecule has 0 atom stereocenters. The quantitative estimate of drug-likeness (QED) is 0.805. The molecule has 0 radical (unpaired) electrons. The summed E-state index contributed by atoms with van der Waals surface area (Å²) in [6, 6.07) is 11.3. The van der Waals surface area contributed by atoms with Crippen molar-refractivity contribution in [2.75, 3.05) is 0 Å². The Morgan fingerprint density at radius 3 is 2.57 bits per heavy atom. The van der Waals surface area contributed by atoms with Crippen molar-refractivity contribution in [1.82, 2.24) is 9.55 Å². The van der Waals surface area contributed by atoms with Crippen molar-refractivity contribution in [2.24, 2.45) is 0 Å². The number of hydrogen-bond donors (Lipinski definition) is 1. The van der Waals surface area contributed by atoms with Crippen LogP contribution in [0.2, 0.25) is 0 Å². The van der Waals surface area contributed by atoms with Crippen molar-refractivity contribution in [3.63, 3.8) is 0 Å². The third-order valence-electron chi connectivity index (χ3n) is 3.42. The molecule has 0 aliphatic carbocycles. The van der Waals surface area contributed by atoms with Crippen LogP contribution in [-0.4, -0.2) is 20.6 Å². The molecule has 1 heterocycles. The Bertz CT molecular complexity index is 796. The average Bonchev–Trinajstić information content (AvgIpc) is 2.83. The van der Waals surface area contributed by atoms with Gasteiger partial charge in [-0.2, -0.15) is 0 Å². The zero-order valence-electron chi connectivity index (χ0n) is 11.5. The zero-order valence-corrected chi connectivity index (χ0v) is 12.3. The van der Waals surface area contributed by atoms with Gasteiger partial charge in [0.25, 0.3) is 0 Å². The second-order valence-electron chi connectivity index (χ2n) is 4.86. The predicted octanol–water partition coefficient (Wildman–Crippen LogP) is 3.51. The van der Waals surface area contributed by atoms with Gasteiger partial charge in [0.1, 0.15) is 0 Å². The monoisotopic (exact) mass is 302 g/mol. The minimum Gasteiger partial charge on any atom is -0.478 e. The van der Waals surface area contributed by atoms with Gasteiger partial charge in [0.15, 0.2) is 0 Å². The maximum absolute atomic E-state index is 11.0. The van der Waals surface area contributed by atoms with Gasteiger partial charge in [-0.05, 0) is 41.5 Å². The first-order valence-corrected chi connectivity index (χ1v) is 6.36. The highest BCUT2D eigenvalue weighted by molar-refractivity contribution is 5.94. The number of hydrogen-bond acceptors (Lipinski definition) is 2. The van der Waals surface area contributed by atoms with Crippen LogP contribution in [0.25, 0.3) is 10.8 Å². The molecule has 108 valence electrons. The number of benzene rings is 2. The lowest BCUT2D eigenvalue weighted by atomic mass is 10.0. The Morgan fingerprint density at radius 2 is 1.90 bits per heavy atom. The highest BCUT2D eigenvalue weighted by Gasteiger charge is 2.05. The van der Waals surface area contributed by atoms with E-state index in [1.165, 1.54) is 5.56 Å². The molecule has 1 N–H and O–H groups in total. The molecule has 0 fully saturated rings. The van der Waals surface area contributed by atoms with Crippen LogP contribution in [0.15, 0.2) is 48.9 Å². The molecule has 1 aromatic heterocycles. The summed E-state index contributed by atoms with van der Waals surface area (Å²) in [5, 5.41) is 11.0. The largest absolute Gasteiger partial charge is 0.478 e. The molecule has 3 rings (SSSR count). The Morgan fingerprint density at radius 1 is 1.19 bits per heavy atom. The van der Waals surface area contributed by atoms with E-state index in [-0.39, 0.29) is 12.4 Å². The van der Waals surface area contributed by atoms with Gasteiger partial charge < -0.3 is 9.67 Å². The fourth-order valence-electron chi connectivity index (χ4n) is 2.28. The third kappa shape index (κ3) is 3.06. The number of aryl methyl sites for hydroxylation is 1. The minimum atomic E-state index is -0.898. The Balaban J connectivity index is 0.00000161. The molecule has 0 aliphatic rings. The summed E-state index contributed by atoms with van der Waals surface area (Å²) in [5.41, 5.74) is 2.60. The van der Waals surface area contributed by atoms with Crippen molar-refractivity contribution in [3.05, 3.63) is 65.7 Å². The predicted molar refractivity (Wildman–Crippen MR) is 84.2 cm³/mol. The number of carboxylic acid groups (broad SMARTS) is 1. The van der Waals surface area contributed by atoms with Gasteiger partial charge in [-0.3, -0.25) is 0 Å². The van der Waals surface area contributed by atoms with Gasteiger partial charge in [-0.15, -0.1) is 12.4 Å². The number of carboxylic acids is 1. The van der Waals surface area contributed by atoms with E-state index < -0.39 is 5.97 Å². The fourth-order valence-corrected chi connectivity index (χ4v) is 2.28. The van der Waals surface area contributed by atoms with Gasteiger partial charge in [0, 0.05) is 18.4 Å². The molecule has 0 amide bonds. The van der Waals surface area contributed by atoms with Crippen LogP contribution in [0.3, 0.4) is 0 Å². The number of imidazole rings is 1. The lowest BCUT2D eigenvalue weighted by Gasteiger charge is -2.07. The van der Waals surface area contributed by atoms with E-state index in [1.807, 2.05) is 37.6 Å². The van der Waals surface area contributed by atoms with Crippen LogP contribution in [0.4, 0.5) is 0 Å². The summed E-state index contributed by atoms with van der Waals surface area (Å²) in [7, 11) is 0. The number of aromatic nitrogens is 2. The minimum absolute atomic E-state index is 0. The Labute approximate surface area is 128 Å². The van der Waals surface area contributed by atoms with E-state index in [2.05, 4.69) is 15.6 Å². The first-order chi connectivity index (χ1) is 9.63. The molecule has 0 saturated heterocycles. The maximum Gasteiger partial charge on any atom is 0.335 e. The van der Waals surface area contributed by atoms with Crippen LogP contribution in [0, 0.1) is 6.92 Å². The van der Waals surface area contributed by atoms with Crippen molar-refractivity contribution < 1.29 is 9.90 Å².